The Hall–Kier alpha value is -3.41. The average Bonchev–Trinajstić information content (AvgIpc) is 3.36. The van der Waals surface area contributed by atoms with E-state index in [2.05, 4.69) is 0 Å². The van der Waals surface area contributed by atoms with Gasteiger partial charge in [-0.2, -0.15) is 0 Å². The normalized spacial score (nSPS) is 14.1. The highest BCUT2D eigenvalue weighted by Gasteiger charge is 2.31. The molecule has 4 rings (SSSR count). The maximum absolute atomic E-state index is 14.4. The predicted octanol–water partition coefficient (Wildman–Crippen LogP) is 5.42. The van der Waals surface area contributed by atoms with E-state index in [1.807, 2.05) is 36.4 Å². The average molecular weight is 449 g/mol. The van der Waals surface area contributed by atoms with Crippen LogP contribution in [0.3, 0.4) is 0 Å². The van der Waals surface area contributed by atoms with Crippen molar-refractivity contribution < 1.29 is 18.4 Å². The minimum atomic E-state index is -0.563. The minimum Gasteiger partial charge on any atom is -0.467 e. The van der Waals surface area contributed by atoms with Crippen LogP contribution in [0.15, 0.2) is 77.4 Å². The highest BCUT2D eigenvalue weighted by molar-refractivity contribution is 5.97. The van der Waals surface area contributed by atoms with Crippen molar-refractivity contribution in [3.8, 4) is 0 Å². The van der Waals surface area contributed by atoms with Crippen molar-refractivity contribution in [2.24, 2.45) is 0 Å². The van der Waals surface area contributed by atoms with E-state index in [9.17, 15) is 14.0 Å². The molecule has 1 heterocycles. The van der Waals surface area contributed by atoms with Crippen LogP contribution < -0.4 is 0 Å². The van der Waals surface area contributed by atoms with E-state index in [0.29, 0.717) is 18.8 Å². The zero-order chi connectivity index (χ0) is 23.0. The maximum atomic E-state index is 14.4. The molecule has 0 atom stereocenters. The number of carbonyl (C=O) groups is 2. The summed E-state index contributed by atoms with van der Waals surface area (Å²) in [5, 5.41) is 0. The molecule has 1 aliphatic carbocycles. The van der Waals surface area contributed by atoms with Crippen molar-refractivity contribution >= 4 is 11.8 Å². The summed E-state index contributed by atoms with van der Waals surface area (Å²) in [5.74, 6) is -0.507. The number of hydrogen-bond donors (Lipinski definition) is 0. The molecule has 1 fully saturated rings. The Balaban J connectivity index is 1.58. The molecule has 0 saturated heterocycles. The lowest BCUT2D eigenvalue weighted by Crippen LogP contribution is -2.48. The van der Waals surface area contributed by atoms with Gasteiger partial charge >= 0.3 is 0 Å². The Morgan fingerprint density at radius 3 is 2.30 bits per heavy atom. The Kier molecular flexibility index (Phi) is 7.55. The van der Waals surface area contributed by atoms with Crippen LogP contribution in [0.4, 0.5) is 4.39 Å². The van der Waals surface area contributed by atoms with Gasteiger partial charge in [0, 0.05) is 12.6 Å². The summed E-state index contributed by atoms with van der Waals surface area (Å²) in [6.07, 6.45) is 6.34. The molecule has 1 aliphatic rings. The predicted molar refractivity (Wildman–Crippen MR) is 124 cm³/mol. The van der Waals surface area contributed by atoms with E-state index in [-0.39, 0.29) is 24.1 Å². The fourth-order valence-corrected chi connectivity index (χ4v) is 4.42. The second-order valence-corrected chi connectivity index (χ2v) is 8.52. The van der Waals surface area contributed by atoms with Crippen molar-refractivity contribution in [2.75, 3.05) is 6.54 Å². The second kappa shape index (κ2) is 10.9. The summed E-state index contributed by atoms with van der Waals surface area (Å²) >= 11 is 0. The Morgan fingerprint density at radius 1 is 0.879 bits per heavy atom. The molecule has 0 unspecified atom stereocenters. The molecule has 5 nitrogen and oxygen atoms in total. The molecule has 1 aromatic heterocycles. The van der Waals surface area contributed by atoms with E-state index in [0.717, 1.165) is 37.7 Å². The standard InChI is InChI=1S/C27H29FN2O3/c28-25-16-8-7-15-24(25)27(32)30(22-12-5-2-6-13-22)20-26(31)29(19-23-14-9-17-33-23)18-21-10-3-1-4-11-21/h1,3-4,7-11,14-17,22H,2,5-6,12-13,18-20H2. The van der Waals surface area contributed by atoms with Crippen LogP contribution in [0.5, 0.6) is 0 Å². The van der Waals surface area contributed by atoms with Gasteiger partial charge in [-0.25, -0.2) is 4.39 Å². The number of furan rings is 1. The number of halogens is 1. The fourth-order valence-electron chi connectivity index (χ4n) is 4.42. The van der Waals surface area contributed by atoms with Crippen molar-refractivity contribution in [1.29, 1.82) is 0 Å². The first-order chi connectivity index (χ1) is 16.1. The number of nitrogens with zero attached hydrogens (tertiary/aromatic N) is 2. The smallest absolute Gasteiger partial charge is 0.257 e. The van der Waals surface area contributed by atoms with Crippen LogP contribution in [-0.4, -0.2) is 34.2 Å². The molecule has 172 valence electrons. The first kappa shape index (κ1) is 22.8. The number of amides is 2. The van der Waals surface area contributed by atoms with E-state index < -0.39 is 11.7 Å². The van der Waals surface area contributed by atoms with E-state index in [1.165, 1.54) is 12.1 Å². The van der Waals surface area contributed by atoms with Gasteiger partial charge in [-0.1, -0.05) is 61.7 Å². The molecule has 0 spiro atoms. The largest absolute Gasteiger partial charge is 0.467 e. The van der Waals surface area contributed by atoms with E-state index >= 15 is 0 Å². The Bertz CT molecular complexity index is 1050. The summed E-state index contributed by atoms with van der Waals surface area (Å²) in [4.78, 5) is 30.2. The van der Waals surface area contributed by atoms with Gasteiger partial charge in [0.1, 0.15) is 18.1 Å². The van der Waals surface area contributed by atoms with Gasteiger partial charge in [0.25, 0.3) is 5.91 Å². The monoisotopic (exact) mass is 448 g/mol. The highest BCUT2D eigenvalue weighted by Crippen LogP contribution is 2.25. The number of hydrogen-bond acceptors (Lipinski definition) is 3. The van der Waals surface area contributed by atoms with Crippen molar-refractivity contribution in [3.63, 3.8) is 0 Å². The van der Waals surface area contributed by atoms with Crippen LogP contribution in [0.2, 0.25) is 0 Å². The van der Waals surface area contributed by atoms with Crippen LogP contribution in [0, 0.1) is 5.82 Å². The number of carbonyl (C=O) groups excluding carboxylic acids is 2. The second-order valence-electron chi connectivity index (χ2n) is 8.52. The zero-order valence-electron chi connectivity index (χ0n) is 18.7. The molecule has 0 N–H and O–H groups in total. The third-order valence-corrected chi connectivity index (χ3v) is 6.18. The van der Waals surface area contributed by atoms with Gasteiger partial charge in [-0.15, -0.1) is 0 Å². The van der Waals surface area contributed by atoms with Crippen molar-refractivity contribution in [1.82, 2.24) is 9.80 Å². The minimum absolute atomic E-state index is 0.0107. The maximum Gasteiger partial charge on any atom is 0.257 e. The van der Waals surface area contributed by atoms with E-state index in [1.54, 1.807) is 34.3 Å². The number of benzene rings is 2. The highest BCUT2D eigenvalue weighted by atomic mass is 19.1. The zero-order valence-corrected chi connectivity index (χ0v) is 18.7. The van der Waals surface area contributed by atoms with E-state index in [4.69, 9.17) is 4.42 Å². The third-order valence-electron chi connectivity index (χ3n) is 6.18. The summed E-state index contributed by atoms with van der Waals surface area (Å²) < 4.78 is 19.9. The molecule has 2 aromatic carbocycles. The van der Waals surface area contributed by atoms with Gasteiger partial charge < -0.3 is 14.2 Å². The van der Waals surface area contributed by atoms with Crippen LogP contribution in [0.1, 0.15) is 53.8 Å². The molecule has 6 heteroatoms. The molecule has 33 heavy (non-hydrogen) atoms. The Labute approximate surface area is 193 Å². The van der Waals surface area contributed by atoms with Gasteiger partial charge in [0.2, 0.25) is 5.91 Å². The lowest BCUT2D eigenvalue weighted by atomic mass is 9.93. The molecular formula is C27H29FN2O3. The summed E-state index contributed by atoms with van der Waals surface area (Å²) in [6.45, 7) is 0.602. The van der Waals surface area contributed by atoms with Crippen LogP contribution in [0.25, 0.3) is 0 Å². The summed E-state index contributed by atoms with van der Waals surface area (Å²) in [5.41, 5.74) is 0.999. The first-order valence-electron chi connectivity index (χ1n) is 11.5. The molecule has 1 saturated carbocycles. The molecule has 0 bridgehead atoms. The molecular weight excluding hydrogens is 419 g/mol. The molecule has 0 aliphatic heterocycles. The molecule has 3 aromatic rings. The fraction of sp³-hybridized carbons (Fsp3) is 0.333. The SMILES string of the molecule is O=C(CN(C(=O)c1ccccc1F)C1CCCCC1)N(Cc1ccccc1)Cc1ccco1. The van der Waals surface area contributed by atoms with Gasteiger partial charge in [0.05, 0.1) is 18.4 Å². The van der Waals surface area contributed by atoms with Gasteiger partial charge in [-0.05, 0) is 42.7 Å². The lowest BCUT2D eigenvalue weighted by Gasteiger charge is -2.35. The van der Waals surface area contributed by atoms with Gasteiger partial charge in [-0.3, -0.25) is 9.59 Å². The van der Waals surface area contributed by atoms with Crippen LogP contribution in [-0.2, 0) is 17.9 Å². The topological polar surface area (TPSA) is 53.8 Å². The third kappa shape index (κ3) is 5.89. The quantitative estimate of drug-likeness (QED) is 0.462. The van der Waals surface area contributed by atoms with Crippen LogP contribution >= 0.6 is 0 Å². The van der Waals surface area contributed by atoms with Gasteiger partial charge in [0.15, 0.2) is 0 Å². The lowest BCUT2D eigenvalue weighted by molar-refractivity contribution is -0.134. The molecule has 2 amide bonds. The summed E-state index contributed by atoms with van der Waals surface area (Å²) in [6, 6.07) is 19.3. The Morgan fingerprint density at radius 2 is 1.61 bits per heavy atom. The van der Waals surface area contributed by atoms with Crippen molar-refractivity contribution in [3.05, 3.63) is 95.7 Å². The molecule has 0 radical (unpaired) electrons. The summed E-state index contributed by atoms with van der Waals surface area (Å²) in [7, 11) is 0. The first-order valence-corrected chi connectivity index (χ1v) is 11.5. The number of rotatable bonds is 8. The van der Waals surface area contributed by atoms with Crippen molar-refractivity contribution in [2.45, 2.75) is 51.2 Å².